The van der Waals surface area contributed by atoms with Crippen molar-refractivity contribution in [1.29, 1.82) is 0 Å². The van der Waals surface area contributed by atoms with Crippen molar-refractivity contribution in [2.24, 2.45) is 0 Å². The number of hydrogen-bond donors (Lipinski definition) is 1. The molecule has 0 aliphatic rings. The van der Waals surface area contributed by atoms with Crippen LogP contribution in [-0.4, -0.2) is 80.6 Å². The van der Waals surface area contributed by atoms with Gasteiger partial charge in [-0.2, -0.15) is 0 Å². The second kappa shape index (κ2) is 36.7. The summed E-state index contributed by atoms with van der Waals surface area (Å²) < 4.78 is 17.2. The van der Waals surface area contributed by atoms with Crippen LogP contribution in [0.1, 0.15) is 149 Å². The van der Waals surface area contributed by atoms with Crippen LogP contribution in [0, 0.1) is 0 Å². The van der Waals surface area contributed by atoms with Crippen LogP contribution in [0.15, 0.2) is 72.9 Å². The molecule has 0 bridgehead atoms. The summed E-state index contributed by atoms with van der Waals surface area (Å²) in [5.41, 5.74) is 0. The summed E-state index contributed by atoms with van der Waals surface area (Å²) in [5.74, 6) is -1.54. The average Bonchev–Trinajstić information content (AvgIpc) is 3.12. The van der Waals surface area contributed by atoms with Crippen LogP contribution in [0.25, 0.3) is 0 Å². The Labute approximate surface area is 330 Å². The van der Waals surface area contributed by atoms with Crippen molar-refractivity contribution in [3.05, 3.63) is 72.9 Å². The number of esters is 2. The van der Waals surface area contributed by atoms with E-state index in [0.29, 0.717) is 19.3 Å². The molecule has 0 saturated heterocycles. The monoisotopic (exact) mass is 757 g/mol. The lowest BCUT2D eigenvalue weighted by molar-refractivity contribution is -0.887. The van der Waals surface area contributed by atoms with Gasteiger partial charge >= 0.3 is 17.9 Å². The van der Waals surface area contributed by atoms with Crippen molar-refractivity contribution in [2.75, 3.05) is 41.0 Å². The van der Waals surface area contributed by atoms with E-state index in [2.05, 4.69) is 38.2 Å². The number of likely N-dealkylation sites (N-methyl/N-ethyl adjacent to an activating group) is 1. The molecule has 54 heavy (non-hydrogen) atoms. The first-order valence-corrected chi connectivity index (χ1v) is 21.0. The third kappa shape index (κ3) is 34.5. The van der Waals surface area contributed by atoms with Crippen molar-refractivity contribution in [2.45, 2.75) is 161 Å². The van der Waals surface area contributed by atoms with E-state index in [1.54, 1.807) is 0 Å². The van der Waals surface area contributed by atoms with Crippen LogP contribution in [-0.2, 0) is 28.6 Å². The summed E-state index contributed by atoms with van der Waals surface area (Å²) in [6.45, 7) is 4.51. The SMILES string of the molecule is CC/C=C/C=C/C=C/C=C/C=C/CCCCCC(=O)OC(COCCC(C(=O)O)[N+](C)(C)C)COC(=O)CCCCCCCCC/C=C/CCCCCC. The smallest absolute Gasteiger partial charge is 0.362 e. The Morgan fingerprint density at radius 2 is 1.06 bits per heavy atom. The molecule has 0 aliphatic heterocycles. The quantitative estimate of drug-likeness (QED) is 0.0223. The highest BCUT2D eigenvalue weighted by molar-refractivity contribution is 5.72. The molecule has 0 saturated carbocycles. The van der Waals surface area contributed by atoms with Crippen molar-refractivity contribution >= 4 is 17.9 Å². The molecule has 0 amide bonds. The van der Waals surface area contributed by atoms with E-state index in [1.807, 2.05) is 69.8 Å². The number of carboxylic acid groups (broad SMARTS) is 1. The van der Waals surface area contributed by atoms with Gasteiger partial charge in [0.1, 0.15) is 6.61 Å². The molecule has 1 N–H and O–H groups in total. The maximum atomic E-state index is 12.7. The topological polar surface area (TPSA) is 99.1 Å². The average molecular weight is 757 g/mol. The molecule has 308 valence electrons. The highest BCUT2D eigenvalue weighted by Gasteiger charge is 2.31. The van der Waals surface area contributed by atoms with Crippen LogP contribution in [0.3, 0.4) is 0 Å². The Morgan fingerprint density at radius 3 is 1.61 bits per heavy atom. The minimum absolute atomic E-state index is 0.0386. The number of unbranched alkanes of at least 4 members (excludes halogenated alkanes) is 14. The molecule has 0 aromatic heterocycles. The van der Waals surface area contributed by atoms with Gasteiger partial charge < -0.3 is 23.8 Å². The lowest BCUT2D eigenvalue weighted by atomic mass is 10.1. The molecule has 0 aromatic carbocycles. The van der Waals surface area contributed by atoms with Gasteiger partial charge in [-0.25, -0.2) is 4.79 Å². The summed E-state index contributed by atoms with van der Waals surface area (Å²) in [7, 11) is 5.50. The fraction of sp³-hybridized carbons (Fsp3) is 0.674. The van der Waals surface area contributed by atoms with E-state index in [-0.39, 0.29) is 42.7 Å². The first-order valence-electron chi connectivity index (χ1n) is 21.0. The molecular formula is C46H78NO7+. The van der Waals surface area contributed by atoms with Gasteiger partial charge in [0.15, 0.2) is 12.1 Å². The Hall–Kier alpha value is -3.23. The highest BCUT2D eigenvalue weighted by Crippen LogP contribution is 2.13. The summed E-state index contributed by atoms with van der Waals surface area (Å²) in [6, 6.07) is -0.626. The standard InChI is InChI=1S/C46H77NO7/c1-6-8-10-12-14-16-18-20-22-24-26-28-30-32-34-36-44(48)53-41-42(40-52-39-38-43(46(50)51)47(3,4)5)54-45(49)37-35-33-31-29-27-25-23-21-19-17-15-13-11-9-7-2/h9,11,13,15-19,21,23,25,27,42-43H,6-8,10,12,14,20,22,24,26,28-41H2,1-5H3/p+1/b11-9+,15-13+,18-16+,19-17+,23-21+,27-25+. The maximum absolute atomic E-state index is 12.7. The molecule has 0 aliphatic carbocycles. The van der Waals surface area contributed by atoms with Gasteiger partial charge in [-0.1, -0.05) is 145 Å². The summed E-state index contributed by atoms with van der Waals surface area (Å²) in [4.78, 5) is 36.9. The molecule has 0 aromatic rings. The number of nitrogens with zero attached hydrogens (tertiary/aromatic N) is 1. The lowest BCUT2D eigenvalue weighted by Gasteiger charge is -2.31. The Balaban J connectivity index is 4.47. The number of allylic oxidation sites excluding steroid dienone is 12. The van der Waals surface area contributed by atoms with Gasteiger partial charge in [-0.05, 0) is 57.8 Å². The molecular weight excluding hydrogens is 679 g/mol. The zero-order chi connectivity index (χ0) is 40.0. The molecule has 0 rings (SSSR count). The number of ether oxygens (including phenoxy) is 3. The third-order valence-corrected chi connectivity index (χ3v) is 8.97. The first kappa shape index (κ1) is 50.8. The predicted molar refractivity (Wildman–Crippen MR) is 224 cm³/mol. The molecule has 8 nitrogen and oxygen atoms in total. The number of quaternary nitrogens is 1. The van der Waals surface area contributed by atoms with E-state index in [0.717, 1.165) is 44.9 Å². The van der Waals surface area contributed by atoms with Crippen LogP contribution in [0.5, 0.6) is 0 Å². The zero-order valence-electron chi connectivity index (χ0n) is 34.9. The number of carbonyl (C=O) groups excluding carboxylic acids is 2. The molecule has 8 heteroatoms. The second-order valence-corrected chi connectivity index (χ2v) is 15.0. The van der Waals surface area contributed by atoms with Crippen LogP contribution in [0.2, 0.25) is 0 Å². The van der Waals surface area contributed by atoms with Gasteiger partial charge in [0.05, 0.1) is 34.4 Å². The molecule has 0 spiro atoms. The van der Waals surface area contributed by atoms with E-state index in [9.17, 15) is 19.5 Å². The molecule has 2 unspecified atom stereocenters. The van der Waals surface area contributed by atoms with Crippen LogP contribution < -0.4 is 0 Å². The third-order valence-electron chi connectivity index (χ3n) is 8.97. The molecule has 2 atom stereocenters. The van der Waals surface area contributed by atoms with Crippen molar-refractivity contribution in [3.8, 4) is 0 Å². The van der Waals surface area contributed by atoms with Crippen molar-refractivity contribution in [1.82, 2.24) is 0 Å². The lowest BCUT2D eigenvalue weighted by Crippen LogP contribution is -2.50. The Kier molecular flexibility index (Phi) is 34.5. The number of rotatable bonds is 36. The van der Waals surface area contributed by atoms with Crippen molar-refractivity contribution in [3.63, 3.8) is 0 Å². The van der Waals surface area contributed by atoms with Crippen LogP contribution in [0.4, 0.5) is 0 Å². The largest absolute Gasteiger partial charge is 0.477 e. The first-order chi connectivity index (χ1) is 26.1. The fourth-order valence-corrected chi connectivity index (χ4v) is 5.69. The van der Waals surface area contributed by atoms with Crippen molar-refractivity contribution < 1.29 is 38.2 Å². The van der Waals surface area contributed by atoms with E-state index in [4.69, 9.17) is 14.2 Å². The molecule has 0 fully saturated rings. The minimum atomic E-state index is -0.887. The Morgan fingerprint density at radius 1 is 0.574 bits per heavy atom. The molecule has 0 radical (unpaired) electrons. The van der Waals surface area contributed by atoms with Gasteiger partial charge in [0.25, 0.3) is 0 Å². The normalized spacial score (nSPS) is 13.7. The second-order valence-electron chi connectivity index (χ2n) is 15.0. The van der Waals surface area contributed by atoms with Gasteiger partial charge in [-0.15, -0.1) is 0 Å². The highest BCUT2D eigenvalue weighted by atomic mass is 16.6. The number of aliphatic carboxylic acids is 1. The summed E-state index contributed by atoms with van der Waals surface area (Å²) in [5, 5.41) is 9.60. The summed E-state index contributed by atoms with van der Waals surface area (Å²) in [6.07, 6.45) is 45.1. The van der Waals surface area contributed by atoms with E-state index < -0.39 is 18.1 Å². The number of carbonyl (C=O) groups is 3. The zero-order valence-corrected chi connectivity index (χ0v) is 34.9. The van der Waals surface area contributed by atoms with Gasteiger partial charge in [0, 0.05) is 19.3 Å². The fourth-order valence-electron chi connectivity index (χ4n) is 5.69. The van der Waals surface area contributed by atoms with Crippen LogP contribution >= 0.6 is 0 Å². The Bertz CT molecular complexity index is 1110. The van der Waals surface area contributed by atoms with E-state index >= 15 is 0 Å². The number of hydrogen-bond acceptors (Lipinski definition) is 6. The maximum Gasteiger partial charge on any atom is 0.362 e. The molecule has 0 heterocycles. The van der Waals surface area contributed by atoms with E-state index in [1.165, 1.54) is 64.2 Å². The minimum Gasteiger partial charge on any atom is -0.477 e. The predicted octanol–water partition coefficient (Wildman–Crippen LogP) is 11.2. The summed E-state index contributed by atoms with van der Waals surface area (Å²) >= 11 is 0. The number of carboxylic acids is 1. The van der Waals surface area contributed by atoms with Gasteiger partial charge in [-0.3, -0.25) is 9.59 Å². The van der Waals surface area contributed by atoms with Gasteiger partial charge in [0.2, 0.25) is 0 Å².